The Hall–Kier alpha value is -1.69. The fourth-order valence-electron chi connectivity index (χ4n) is 2.24. The van der Waals surface area contributed by atoms with Crippen molar-refractivity contribution >= 4 is 56.2 Å². The molecule has 1 fully saturated rings. The van der Waals surface area contributed by atoms with Gasteiger partial charge in [0.05, 0.1) is 11.4 Å². The molecule has 0 unspecified atom stereocenters. The fraction of sp³-hybridized carbons (Fsp3) is 0.0526. The number of thioether (sulfide) groups is 1. The van der Waals surface area contributed by atoms with Crippen molar-refractivity contribution in [2.24, 2.45) is 0 Å². The number of benzene rings is 2. The van der Waals surface area contributed by atoms with Gasteiger partial charge in [-0.15, -0.1) is 0 Å². The zero-order valence-corrected chi connectivity index (χ0v) is 15.9. The Morgan fingerprint density at radius 2 is 1.79 bits per heavy atom. The Bertz CT molecular complexity index is 813. The van der Waals surface area contributed by atoms with Crippen LogP contribution in [0.5, 0.6) is 0 Å². The predicted octanol–water partition coefficient (Wildman–Crippen LogP) is 5.41. The highest BCUT2D eigenvalue weighted by molar-refractivity contribution is 9.10. The van der Waals surface area contributed by atoms with E-state index < -0.39 is 0 Å². The van der Waals surface area contributed by atoms with Gasteiger partial charge in [0.25, 0.3) is 5.91 Å². The number of halogens is 1. The minimum absolute atomic E-state index is 0.0330. The Morgan fingerprint density at radius 3 is 2.50 bits per heavy atom. The molecule has 0 atom stereocenters. The molecule has 0 N–H and O–H groups in total. The van der Waals surface area contributed by atoms with Crippen LogP contribution in [0.1, 0.15) is 11.1 Å². The molecule has 2 aromatic carbocycles. The second-order valence-electron chi connectivity index (χ2n) is 5.19. The van der Waals surface area contributed by atoms with Gasteiger partial charge in [-0.25, -0.2) is 0 Å². The highest BCUT2D eigenvalue weighted by Crippen LogP contribution is 2.32. The summed E-state index contributed by atoms with van der Waals surface area (Å²) >= 11 is 10.1. The SMILES string of the molecule is O=C1/C(=C\C=C\c2ccc(Br)cc2)SC(=S)N1Cc1ccccc1. The summed E-state index contributed by atoms with van der Waals surface area (Å²) in [5.74, 6) is -0.0330. The van der Waals surface area contributed by atoms with Gasteiger partial charge in [-0.3, -0.25) is 9.69 Å². The molecule has 0 spiro atoms. The molecule has 0 saturated carbocycles. The van der Waals surface area contributed by atoms with E-state index in [1.165, 1.54) is 11.8 Å². The van der Waals surface area contributed by atoms with Crippen LogP contribution in [0.3, 0.4) is 0 Å². The van der Waals surface area contributed by atoms with E-state index in [4.69, 9.17) is 12.2 Å². The molecule has 1 heterocycles. The van der Waals surface area contributed by atoms with Gasteiger partial charge in [-0.2, -0.15) is 0 Å². The topological polar surface area (TPSA) is 20.3 Å². The van der Waals surface area contributed by atoms with Crippen LogP contribution in [0.25, 0.3) is 6.08 Å². The number of carbonyl (C=O) groups excluding carboxylic acids is 1. The molecule has 2 nitrogen and oxygen atoms in total. The van der Waals surface area contributed by atoms with Gasteiger partial charge in [0.1, 0.15) is 4.32 Å². The Labute approximate surface area is 159 Å². The number of amides is 1. The van der Waals surface area contributed by atoms with Crippen LogP contribution in [0.2, 0.25) is 0 Å². The van der Waals surface area contributed by atoms with Gasteiger partial charge in [0.15, 0.2) is 0 Å². The average Bonchev–Trinajstić information content (AvgIpc) is 2.85. The molecule has 3 rings (SSSR count). The van der Waals surface area contributed by atoms with E-state index in [1.807, 2.05) is 72.8 Å². The smallest absolute Gasteiger partial charge is 0.266 e. The van der Waals surface area contributed by atoms with E-state index in [0.29, 0.717) is 15.8 Å². The summed E-state index contributed by atoms with van der Waals surface area (Å²) in [6, 6.07) is 17.9. The third-order valence-electron chi connectivity index (χ3n) is 3.46. The van der Waals surface area contributed by atoms with Crippen LogP contribution in [0.4, 0.5) is 0 Å². The lowest BCUT2D eigenvalue weighted by Crippen LogP contribution is -2.27. The molecule has 0 radical (unpaired) electrons. The Kier molecular flexibility index (Phi) is 5.66. The van der Waals surface area contributed by atoms with Gasteiger partial charge in [0.2, 0.25) is 0 Å². The van der Waals surface area contributed by atoms with Crippen molar-refractivity contribution in [2.45, 2.75) is 6.54 Å². The van der Waals surface area contributed by atoms with E-state index in [-0.39, 0.29) is 5.91 Å². The molecule has 120 valence electrons. The summed E-state index contributed by atoms with van der Waals surface area (Å²) in [7, 11) is 0. The second kappa shape index (κ2) is 7.92. The maximum absolute atomic E-state index is 12.5. The first-order chi connectivity index (χ1) is 11.6. The molecule has 1 aliphatic rings. The van der Waals surface area contributed by atoms with E-state index in [9.17, 15) is 4.79 Å². The molecule has 1 amide bonds. The van der Waals surface area contributed by atoms with Crippen molar-refractivity contribution in [3.63, 3.8) is 0 Å². The Morgan fingerprint density at radius 1 is 1.08 bits per heavy atom. The predicted molar refractivity (Wildman–Crippen MR) is 108 cm³/mol. The molecular formula is C19H14BrNOS2. The van der Waals surface area contributed by atoms with Crippen molar-refractivity contribution in [1.29, 1.82) is 0 Å². The molecule has 1 aliphatic heterocycles. The van der Waals surface area contributed by atoms with Crippen LogP contribution < -0.4 is 0 Å². The number of allylic oxidation sites excluding steroid dienone is 2. The van der Waals surface area contributed by atoms with Crippen molar-refractivity contribution in [2.75, 3.05) is 0 Å². The third kappa shape index (κ3) is 4.23. The van der Waals surface area contributed by atoms with Gasteiger partial charge in [-0.1, -0.05) is 94.5 Å². The summed E-state index contributed by atoms with van der Waals surface area (Å²) in [5.41, 5.74) is 2.15. The van der Waals surface area contributed by atoms with Crippen LogP contribution in [0.15, 0.2) is 76.1 Å². The summed E-state index contributed by atoms with van der Waals surface area (Å²) in [4.78, 5) is 14.8. The lowest BCUT2D eigenvalue weighted by Gasteiger charge is -2.14. The summed E-state index contributed by atoms with van der Waals surface area (Å²) < 4.78 is 1.65. The summed E-state index contributed by atoms with van der Waals surface area (Å²) in [6.45, 7) is 0.513. The number of rotatable bonds is 4. The number of hydrogen-bond acceptors (Lipinski definition) is 3. The molecule has 0 aliphatic carbocycles. The first-order valence-corrected chi connectivity index (χ1v) is 9.37. The zero-order chi connectivity index (χ0) is 16.9. The van der Waals surface area contributed by atoms with E-state index in [1.54, 1.807) is 4.90 Å². The first kappa shape index (κ1) is 17.1. The van der Waals surface area contributed by atoms with Gasteiger partial charge >= 0.3 is 0 Å². The first-order valence-electron chi connectivity index (χ1n) is 7.35. The zero-order valence-electron chi connectivity index (χ0n) is 12.7. The molecular weight excluding hydrogens is 402 g/mol. The largest absolute Gasteiger partial charge is 0.288 e. The maximum Gasteiger partial charge on any atom is 0.266 e. The van der Waals surface area contributed by atoms with Crippen LogP contribution in [-0.2, 0) is 11.3 Å². The standard InChI is InChI=1S/C19H14BrNOS2/c20-16-11-9-14(10-12-16)7-4-8-17-18(22)21(19(23)24-17)13-15-5-2-1-3-6-15/h1-12H,13H2/b7-4+,17-8+. The molecule has 24 heavy (non-hydrogen) atoms. The monoisotopic (exact) mass is 415 g/mol. The van der Waals surface area contributed by atoms with Crippen molar-refractivity contribution in [3.8, 4) is 0 Å². The van der Waals surface area contributed by atoms with Gasteiger partial charge < -0.3 is 0 Å². The molecule has 2 aromatic rings. The average molecular weight is 416 g/mol. The molecule has 5 heteroatoms. The van der Waals surface area contributed by atoms with E-state index >= 15 is 0 Å². The van der Waals surface area contributed by atoms with Crippen LogP contribution in [-0.4, -0.2) is 15.1 Å². The quantitative estimate of drug-likeness (QED) is 0.491. The van der Waals surface area contributed by atoms with E-state index in [0.717, 1.165) is 15.6 Å². The van der Waals surface area contributed by atoms with Crippen LogP contribution >= 0.6 is 39.9 Å². The molecule has 0 bridgehead atoms. The van der Waals surface area contributed by atoms with Crippen LogP contribution in [0, 0.1) is 0 Å². The lowest BCUT2D eigenvalue weighted by molar-refractivity contribution is -0.122. The normalized spacial score (nSPS) is 16.5. The number of thiocarbonyl (C=S) groups is 1. The van der Waals surface area contributed by atoms with E-state index in [2.05, 4.69) is 15.9 Å². The molecule has 1 saturated heterocycles. The lowest BCUT2D eigenvalue weighted by atomic mass is 10.2. The second-order valence-corrected chi connectivity index (χ2v) is 7.78. The van der Waals surface area contributed by atoms with Crippen molar-refractivity contribution in [3.05, 3.63) is 87.3 Å². The third-order valence-corrected chi connectivity index (χ3v) is 5.39. The minimum atomic E-state index is -0.0330. The number of carbonyl (C=O) groups is 1. The molecule has 0 aromatic heterocycles. The van der Waals surface area contributed by atoms with Gasteiger partial charge in [-0.05, 0) is 29.3 Å². The number of hydrogen-bond donors (Lipinski definition) is 0. The van der Waals surface area contributed by atoms with Crippen molar-refractivity contribution < 1.29 is 4.79 Å². The minimum Gasteiger partial charge on any atom is -0.288 e. The van der Waals surface area contributed by atoms with Gasteiger partial charge in [0, 0.05) is 4.47 Å². The maximum atomic E-state index is 12.5. The number of nitrogens with zero attached hydrogens (tertiary/aromatic N) is 1. The Balaban J connectivity index is 1.70. The highest BCUT2D eigenvalue weighted by atomic mass is 79.9. The fourth-order valence-corrected chi connectivity index (χ4v) is 3.71. The summed E-state index contributed by atoms with van der Waals surface area (Å²) in [6.07, 6.45) is 5.68. The highest BCUT2D eigenvalue weighted by Gasteiger charge is 2.31. The summed E-state index contributed by atoms with van der Waals surface area (Å²) in [5, 5.41) is 0. The van der Waals surface area contributed by atoms with Crippen molar-refractivity contribution in [1.82, 2.24) is 4.90 Å².